The lowest BCUT2D eigenvalue weighted by molar-refractivity contribution is -0.125. The minimum absolute atomic E-state index is 0.0125. The van der Waals surface area contributed by atoms with Gasteiger partial charge in [0.25, 0.3) is 5.56 Å². The molecule has 148 valence electrons. The van der Waals surface area contributed by atoms with Crippen LogP contribution < -0.4 is 5.56 Å². The molecule has 0 unspecified atom stereocenters. The topological polar surface area (TPSA) is 81.5 Å². The van der Waals surface area contributed by atoms with E-state index in [-0.39, 0.29) is 36.4 Å². The van der Waals surface area contributed by atoms with Crippen molar-refractivity contribution in [2.75, 3.05) is 18.9 Å². The molecule has 0 saturated carbocycles. The largest absolute Gasteiger partial charge is 0.447 e. The molecule has 2 amide bonds. The van der Waals surface area contributed by atoms with Crippen molar-refractivity contribution in [3.63, 3.8) is 0 Å². The predicted octanol–water partition coefficient (Wildman–Crippen LogP) is 3.08. The van der Waals surface area contributed by atoms with Crippen LogP contribution in [0, 0.1) is 0 Å². The molecule has 2 aromatic carbocycles. The molecular weight excluding hydrogens is 390 g/mol. The summed E-state index contributed by atoms with van der Waals surface area (Å²) in [7, 11) is 0. The summed E-state index contributed by atoms with van der Waals surface area (Å²) in [5.41, 5.74) is 1.37. The van der Waals surface area contributed by atoms with Crippen LogP contribution in [0.4, 0.5) is 4.79 Å². The molecule has 1 atom stereocenters. The van der Waals surface area contributed by atoms with Gasteiger partial charge in [0.2, 0.25) is 5.91 Å². The summed E-state index contributed by atoms with van der Waals surface area (Å²) >= 11 is 1.15. The third kappa shape index (κ3) is 3.75. The van der Waals surface area contributed by atoms with E-state index < -0.39 is 6.09 Å². The van der Waals surface area contributed by atoms with Gasteiger partial charge in [0.15, 0.2) is 5.16 Å². The molecule has 1 aliphatic rings. The maximum absolute atomic E-state index is 13.3. The van der Waals surface area contributed by atoms with Gasteiger partial charge in [0.05, 0.1) is 29.2 Å². The number of hydrogen-bond donors (Lipinski definition) is 0. The lowest BCUT2D eigenvalue weighted by atomic mass is 10.1. The Morgan fingerprint density at radius 3 is 2.59 bits per heavy atom. The van der Waals surface area contributed by atoms with Crippen molar-refractivity contribution in [3.05, 3.63) is 70.5 Å². The Balaban J connectivity index is 1.72. The number of benzene rings is 2. The number of nitrogens with zero attached hydrogens (tertiary/aromatic N) is 3. The average molecular weight is 409 g/mol. The van der Waals surface area contributed by atoms with Crippen molar-refractivity contribution in [2.24, 2.45) is 0 Å². The number of thioether (sulfide) groups is 1. The summed E-state index contributed by atoms with van der Waals surface area (Å²) in [6.07, 6.45) is -0.628. The quantitative estimate of drug-likeness (QED) is 0.476. The Bertz CT molecular complexity index is 1130. The van der Waals surface area contributed by atoms with Crippen LogP contribution in [-0.4, -0.2) is 45.4 Å². The van der Waals surface area contributed by atoms with Crippen LogP contribution in [-0.2, 0) is 9.53 Å². The highest BCUT2D eigenvalue weighted by Crippen LogP contribution is 2.25. The molecule has 0 spiro atoms. The third-order valence-corrected chi connectivity index (χ3v) is 5.77. The van der Waals surface area contributed by atoms with Crippen molar-refractivity contribution in [1.29, 1.82) is 0 Å². The Kier molecular flexibility index (Phi) is 5.35. The molecule has 29 heavy (non-hydrogen) atoms. The number of carbonyl (C=O) groups excluding carboxylic acids is 2. The zero-order valence-electron chi connectivity index (χ0n) is 15.8. The van der Waals surface area contributed by atoms with Crippen LogP contribution >= 0.6 is 11.8 Å². The molecule has 3 aromatic rings. The first-order chi connectivity index (χ1) is 14.1. The van der Waals surface area contributed by atoms with Gasteiger partial charge in [-0.25, -0.2) is 14.7 Å². The number of hydrogen-bond acceptors (Lipinski definition) is 6. The zero-order valence-corrected chi connectivity index (χ0v) is 16.6. The van der Waals surface area contributed by atoms with E-state index in [1.165, 1.54) is 0 Å². The van der Waals surface area contributed by atoms with Gasteiger partial charge in [-0.05, 0) is 24.6 Å². The van der Waals surface area contributed by atoms with Gasteiger partial charge >= 0.3 is 6.09 Å². The number of cyclic esters (lactones) is 1. The van der Waals surface area contributed by atoms with Crippen molar-refractivity contribution < 1.29 is 14.3 Å². The maximum atomic E-state index is 13.3. The van der Waals surface area contributed by atoms with Crippen molar-refractivity contribution in [3.8, 4) is 0 Å². The van der Waals surface area contributed by atoms with Gasteiger partial charge in [0, 0.05) is 0 Å². The van der Waals surface area contributed by atoms with Gasteiger partial charge < -0.3 is 4.74 Å². The molecule has 2 heterocycles. The lowest BCUT2D eigenvalue weighted by Crippen LogP contribution is -2.33. The summed E-state index contributed by atoms with van der Waals surface area (Å²) in [5.74, 6) is -0.375. The highest BCUT2D eigenvalue weighted by Gasteiger charge is 2.29. The maximum Gasteiger partial charge on any atom is 0.416 e. The molecular formula is C21H19N3O4S. The Labute approximate surface area is 171 Å². The molecule has 4 rings (SSSR count). The van der Waals surface area contributed by atoms with E-state index >= 15 is 0 Å². The first-order valence-electron chi connectivity index (χ1n) is 9.22. The van der Waals surface area contributed by atoms with Gasteiger partial charge in [-0.1, -0.05) is 54.2 Å². The number of rotatable bonds is 5. The fourth-order valence-corrected chi connectivity index (χ4v) is 4.23. The predicted molar refractivity (Wildman–Crippen MR) is 110 cm³/mol. The van der Waals surface area contributed by atoms with E-state index in [9.17, 15) is 14.4 Å². The molecule has 1 aliphatic heterocycles. The van der Waals surface area contributed by atoms with Crippen LogP contribution in [0.25, 0.3) is 10.9 Å². The Morgan fingerprint density at radius 1 is 1.14 bits per heavy atom. The van der Waals surface area contributed by atoms with Crippen molar-refractivity contribution >= 4 is 34.7 Å². The number of fused-ring (bicyclic) bond motifs is 1. The first-order valence-corrected chi connectivity index (χ1v) is 10.2. The standard InChI is InChI=1S/C21H19N3O4S/c1-14(15-7-3-2-4-8-15)24-19(26)16-9-5-6-10-17(16)22-20(24)29-13-18(25)23-11-12-28-21(23)27/h2-10,14H,11-13H2,1H3/t14-/m1/s1. The van der Waals surface area contributed by atoms with Crippen LogP contribution in [0.2, 0.25) is 0 Å². The van der Waals surface area contributed by atoms with E-state index in [2.05, 4.69) is 4.98 Å². The fraction of sp³-hybridized carbons (Fsp3) is 0.238. The number of aromatic nitrogens is 2. The highest BCUT2D eigenvalue weighted by atomic mass is 32.2. The number of amides is 2. The van der Waals surface area contributed by atoms with Crippen LogP contribution in [0.1, 0.15) is 18.5 Å². The van der Waals surface area contributed by atoms with E-state index in [0.717, 1.165) is 22.2 Å². The van der Waals surface area contributed by atoms with E-state index in [1.807, 2.05) is 43.3 Å². The summed E-state index contributed by atoms with van der Waals surface area (Å²) in [6, 6.07) is 16.5. The highest BCUT2D eigenvalue weighted by molar-refractivity contribution is 7.99. The normalized spacial score (nSPS) is 14.8. The van der Waals surface area contributed by atoms with E-state index in [0.29, 0.717) is 16.1 Å². The van der Waals surface area contributed by atoms with Crippen LogP contribution in [0.15, 0.2) is 64.5 Å². The Hall–Kier alpha value is -3.13. The van der Waals surface area contributed by atoms with E-state index in [4.69, 9.17) is 4.74 Å². The van der Waals surface area contributed by atoms with Crippen molar-refractivity contribution in [1.82, 2.24) is 14.5 Å². The zero-order chi connectivity index (χ0) is 20.4. The molecule has 0 N–H and O–H groups in total. The second-order valence-corrected chi connectivity index (χ2v) is 7.56. The minimum atomic E-state index is -0.628. The SMILES string of the molecule is C[C@H](c1ccccc1)n1c(SCC(=O)N2CCOC2=O)nc2ccccc2c1=O. The van der Waals surface area contributed by atoms with Gasteiger partial charge in [-0.15, -0.1) is 0 Å². The number of para-hydroxylation sites is 1. The minimum Gasteiger partial charge on any atom is -0.447 e. The molecule has 0 bridgehead atoms. The molecule has 7 nitrogen and oxygen atoms in total. The summed E-state index contributed by atoms with van der Waals surface area (Å²) < 4.78 is 6.43. The monoisotopic (exact) mass is 409 g/mol. The second-order valence-electron chi connectivity index (χ2n) is 6.62. The molecule has 1 saturated heterocycles. The van der Waals surface area contributed by atoms with Crippen molar-refractivity contribution in [2.45, 2.75) is 18.1 Å². The first kappa shape index (κ1) is 19.2. The molecule has 8 heteroatoms. The smallest absolute Gasteiger partial charge is 0.416 e. The van der Waals surface area contributed by atoms with E-state index in [1.54, 1.807) is 22.8 Å². The molecule has 1 fully saturated rings. The lowest BCUT2D eigenvalue weighted by Gasteiger charge is -2.20. The summed E-state index contributed by atoms with van der Waals surface area (Å²) in [6.45, 7) is 2.38. The van der Waals surface area contributed by atoms with Gasteiger partial charge in [-0.2, -0.15) is 0 Å². The fourth-order valence-electron chi connectivity index (χ4n) is 3.27. The van der Waals surface area contributed by atoms with Crippen LogP contribution in [0.5, 0.6) is 0 Å². The van der Waals surface area contributed by atoms with Crippen LogP contribution in [0.3, 0.4) is 0 Å². The number of imide groups is 1. The summed E-state index contributed by atoms with van der Waals surface area (Å²) in [5, 5.41) is 0.958. The molecule has 0 aliphatic carbocycles. The molecule has 0 radical (unpaired) electrons. The van der Waals surface area contributed by atoms with Gasteiger partial charge in [-0.3, -0.25) is 14.2 Å². The molecule has 1 aromatic heterocycles. The van der Waals surface area contributed by atoms with Gasteiger partial charge in [0.1, 0.15) is 6.61 Å². The number of carbonyl (C=O) groups is 2. The third-order valence-electron chi connectivity index (χ3n) is 4.83. The average Bonchev–Trinajstić information content (AvgIpc) is 3.18. The number of ether oxygens (including phenoxy) is 1. The Morgan fingerprint density at radius 2 is 1.86 bits per heavy atom. The second kappa shape index (κ2) is 8.08. The summed E-state index contributed by atoms with van der Waals surface area (Å²) in [4.78, 5) is 43.0.